The van der Waals surface area contributed by atoms with E-state index in [1.165, 1.54) is 11.5 Å². The third-order valence-electron chi connectivity index (χ3n) is 4.82. The molecule has 2 aromatic heterocycles. The maximum atomic E-state index is 13.3. The highest BCUT2D eigenvalue weighted by atomic mass is 32.1. The Kier molecular flexibility index (Phi) is 6.00. The van der Waals surface area contributed by atoms with Gasteiger partial charge in [0.1, 0.15) is 22.0 Å². The number of rotatable bonds is 5. The lowest BCUT2D eigenvalue weighted by Crippen LogP contribution is -2.45. The van der Waals surface area contributed by atoms with Crippen LogP contribution in [0.25, 0.3) is 0 Å². The lowest BCUT2D eigenvalue weighted by Gasteiger charge is -2.37. The summed E-state index contributed by atoms with van der Waals surface area (Å²) in [6.07, 6.45) is 3.35. The van der Waals surface area contributed by atoms with E-state index in [9.17, 15) is 9.90 Å². The summed E-state index contributed by atoms with van der Waals surface area (Å²) in [5.41, 5.74) is -0.529. The van der Waals surface area contributed by atoms with Crippen molar-refractivity contribution in [2.45, 2.75) is 71.1 Å². The summed E-state index contributed by atoms with van der Waals surface area (Å²) < 4.78 is 10.2. The number of hydrogen-bond acceptors (Lipinski definition) is 7. The van der Waals surface area contributed by atoms with Crippen molar-refractivity contribution < 1.29 is 14.6 Å². The Morgan fingerprint density at radius 1 is 1.39 bits per heavy atom. The molecular weight excluding hydrogens is 376 g/mol. The first-order valence-electron chi connectivity index (χ1n) is 9.66. The average Bonchev–Trinajstić information content (AvgIpc) is 3.12. The van der Waals surface area contributed by atoms with Gasteiger partial charge in [0.15, 0.2) is 0 Å². The SMILES string of the molecule is CC(C)Oc1ncccc1C(=O)N1C[C@H](c2nsc(C(C)(C)O)n2)CC[C@H]1C. The van der Waals surface area contributed by atoms with Crippen LogP contribution in [-0.4, -0.2) is 48.9 Å². The molecule has 3 rings (SSSR count). The van der Waals surface area contributed by atoms with Crippen LogP contribution in [0.1, 0.15) is 74.6 Å². The molecular formula is C20H28N4O3S. The molecule has 152 valence electrons. The molecule has 0 bridgehead atoms. The highest BCUT2D eigenvalue weighted by molar-refractivity contribution is 7.05. The largest absolute Gasteiger partial charge is 0.474 e. The second kappa shape index (κ2) is 8.13. The third-order valence-corrected chi connectivity index (χ3v) is 5.86. The quantitative estimate of drug-likeness (QED) is 0.822. The van der Waals surface area contributed by atoms with Crippen LogP contribution in [0.4, 0.5) is 0 Å². The Morgan fingerprint density at radius 2 is 2.14 bits per heavy atom. The lowest BCUT2D eigenvalue weighted by molar-refractivity contribution is 0.0595. The molecule has 2 aromatic rings. The first-order valence-corrected chi connectivity index (χ1v) is 10.4. The van der Waals surface area contributed by atoms with Crippen LogP contribution in [0.15, 0.2) is 18.3 Å². The Morgan fingerprint density at radius 3 is 2.79 bits per heavy atom. The number of pyridine rings is 1. The molecule has 1 saturated heterocycles. The van der Waals surface area contributed by atoms with Gasteiger partial charge in [0.25, 0.3) is 5.91 Å². The van der Waals surface area contributed by atoms with Crippen molar-refractivity contribution in [1.29, 1.82) is 0 Å². The van der Waals surface area contributed by atoms with Gasteiger partial charge in [-0.05, 0) is 71.1 Å². The number of carbonyl (C=O) groups is 1. The smallest absolute Gasteiger partial charge is 0.259 e. The van der Waals surface area contributed by atoms with E-state index in [1.54, 1.807) is 32.2 Å². The van der Waals surface area contributed by atoms with Crippen molar-refractivity contribution in [3.8, 4) is 5.88 Å². The Bertz CT molecular complexity index is 831. The number of piperidine rings is 1. The van der Waals surface area contributed by atoms with E-state index in [2.05, 4.69) is 21.3 Å². The zero-order valence-corrected chi connectivity index (χ0v) is 17.9. The van der Waals surface area contributed by atoms with Gasteiger partial charge in [0, 0.05) is 24.7 Å². The maximum Gasteiger partial charge on any atom is 0.259 e. The molecule has 0 radical (unpaired) electrons. The summed E-state index contributed by atoms with van der Waals surface area (Å²) >= 11 is 1.22. The first-order chi connectivity index (χ1) is 13.2. The van der Waals surface area contributed by atoms with E-state index in [1.807, 2.05) is 18.7 Å². The molecule has 1 fully saturated rings. The van der Waals surface area contributed by atoms with Gasteiger partial charge in [-0.2, -0.15) is 4.37 Å². The van der Waals surface area contributed by atoms with Crippen LogP contribution < -0.4 is 4.74 Å². The van der Waals surface area contributed by atoms with Crippen molar-refractivity contribution in [2.75, 3.05) is 6.54 Å². The van der Waals surface area contributed by atoms with Crippen molar-refractivity contribution in [1.82, 2.24) is 19.2 Å². The van der Waals surface area contributed by atoms with Crippen molar-refractivity contribution >= 4 is 17.4 Å². The van der Waals surface area contributed by atoms with Crippen LogP contribution in [0, 0.1) is 0 Å². The van der Waals surface area contributed by atoms with Crippen LogP contribution in [0.2, 0.25) is 0 Å². The van der Waals surface area contributed by atoms with Crippen LogP contribution in [-0.2, 0) is 5.60 Å². The molecule has 0 unspecified atom stereocenters. The molecule has 7 nitrogen and oxygen atoms in total. The Hall–Kier alpha value is -2.06. The number of amides is 1. The van der Waals surface area contributed by atoms with Gasteiger partial charge in [-0.25, -0.2) is 9.97 Å². The molecule has 0 aliphatic carbocycles. The van der Waals surface area contributed by atoms with Gasteiger partial charge in [-0.15, -0.1) is 0 Å². The van der Waals surface area contributed by atoms with Gasteiger partial charge in [-0.3, -0.25) is 4.79 Å². The number of carbonyl (C=O) groups excluding carboxylic acids is 1. The zero-order chi connectivity index (χ0) is 20.5. The molecule has 28 heavy (non-hydrogen) atoms. The fourth-order valence-corrected chi connectivity index (χ4v) is 4.00. The van der Waals surface area contributed by atoms with Gasteiger partial charge in [0.2, 0.25) is 5.88 Å². The normalized spacial score (nSPS) is 20.5. The van der Waals surface area contributed by atoms with Crippen LogP contribution >= 0.6 is 11.5 Å². The van der Waals surface area contributed by atoms with Crippen molar-refractivity contribution in [2.24, 2.45) is 0 Å². The van der Waals surface area contributed by atoms with E-state index >= 15 is 0 Å². The summed E-state index contributed by atoms with van der Waals surface area (Å²) in [4.78, 5) is 23.9. The highest BCUT2D eigenvalue weighted by Gasteiger charge is 2.34. The molecule has 0 saturated carbocycles. The Balaban J connectivity index is 1.82. The number of nitrogens with zero attached hydrogens (tertiary/aromatic N) is 4. The fourth-order valence-electron chi connectivity index (χ4n) is 3.28. The minimum Gasteiger partial charge on any atom is -0.474 e. The number of aromatic nitrogens is 3. The molecule has 1 aliphatic rings. The monoisotopic (exact) mass is 404 g/mol. The van der Waals surface area contributed by atoms with Crippen molar-refractivity contribution in [3.63, 3.8) is 0 Å². The number of ether oxygens (including phenoxy) is 1. The average molecular weight is 405 g/mol. The minimum atomic E-state index is -1.01. The number of likely N-dealkylation sites (tertiary alicyclic amines) is 1. The minimum absolute atomic E-state index is 0.0543. The molecule has 0 spiro atoms. The van der Waals surface area contributed by atoms with Gasteiger partial charge in [0.05, 0.1) is 6.10 Å². The van der Waals surface area contributed by atoms with E-state index in [0.29, 0.717) is 28.8 Å². The van der Waals surface area contributed by atoms with Crippen LogP contribution in [0.3, 0.4) is 0 Å². The summed E-state index contributed by atoms with van der Waals surface area (Å²) in [5, 5.41) is 10.8. The maximum absolute atomic E-state index is 13.3. The van der Waals surface area contributed by atoms with Crippen molar-refractivity contribution in [3.05, 3.63) is 34.7 Å². The standard InChI is InChI=1S/C20H28N4O3S/c1-12(2)27-17-15(7-6-10-21-17)18(25)24-11-14(9-8-13(24)3)16-22-19(28-23-16)20(4,5)26/h6-7,10,12-14,26H,8-9,11H2,1-5H3/t13-,14-/m1/s1. The molecule has 0 aromatic carbocycles. The van der Waals surface area contributed by atoms with E-state index < -0.39 is 5.60 Å². The first kappa shape index (κ1) is 20.7. The lowest BCUT2D eigenvalue weighted by atomic mass is 9.92. The van der Waals surface area contributed by atoms with Gasteiger partial charge < -0.3 is 14.7 Å². The predicted molar refractivity (Wildman–Crippen MR) is 108 cm³/mol. The molecule has 1 aliphatic heterocycles. The second-order valence-corrected chi connectivity index (χ2v) is 8.87. The summed E-state index contributed by atoms with van der Waals surface area (Å²) in [6, 6.07) is 3.63. The Labute approximate surface area is 169 Å². The highest BCUT2D eigenvalue weighted by Crippen LogP contribution is 2.32. The fraction of sp³-hybridized carbons (Fsp3) is 0.600. The molecule has 2 atom stereocenters. The molecule has 3 heterocycles. The molecule has 8 heteroatoms. The topological polar surface area (TPSA) is 88.4 Å². The van der Waals surface area contributed by atoms with Gasteiger partial charge >= 0.3 is 0 Å². The van der Waals surface area contributed by atoms with Gasteiger partial charge in [-0.1, -0.05) is 0 Å². The number of aliphatic hydroxyl groups is 1. The van der Waals surface area contributed by atoms with E-state index in [4.69, 9.17) is 4.74 Å². The third kappa shape index (κ3) is 4.50. The summed E-state index contributed by atoms with van der Waals surface area (Å²) in [5.74, 6) is 1.04. The zero-order valence-electron chi connectivity index (χ0n) is 17.0. The van der Waals surface area contributed by atoms with E-state index in [-0.39, 0.29) is 24.0 Å². The predicted octanol–water partition coefficient (Wildman–Crippen LogP) is 3.36. The summed E-state index contributed by atoms with van der Waals surface area (Å²) in [6.45, 7) is 9.83. The number of hydrogen-bond donors (Lipinski definition) is 1. The van der Waals surface area contributed by atoms with E-state index in [0.717, 1.165) is 12.8 Å². The molecule has 1 N–H and O–H groups in total. The summed E-state index contributed by atoms with van der Waals surface area (Å²) in [7, 11) is 0. The molecule has 1 amide bonds. The second-order valence-electron chi connectivity index (χ2n) is 8.12. The van der Waals surface area contributed by atoms with Crippen LogP contribution in [0.5, 0.6) is 5.88 Å².